The van der Waals surface area contributed by atoms with Crippen molar-refractivity contribution in [3.8, 4) is 0 Å². The van der Waals surface area contributed by atoms with E-state index < -0.39 is 5.97 Å². The topological polar surface area (TPSA) is 40.5 Å². The van der Waals surface area contributed by atoms with Gasteiger partial charge in [-0.3, -0.25) is 9.69 Å². The Labute approximate surface area is 120 Å². The number of rotatable bonds is 5. The Morgan fingerprint density at radius 1 is 1.30 bits per heavy atom. The molecular weight excluding hydrogens is 250 g/mol. The Morgan fingerprint density at radius 3 is 2.90 bits per heavy atom. The predicted octanol–water partition coefficient (Wildman–Crippen LogP) is 3.25. The molecule has 1 heterocycles. The number of nitrogens with zero attached hydrogens (tertiary/aromatic N) is 1. The summed E-state index contributed by atoms with van der Waals surface area (Å²) < 4.78 is 0. The van der Waals surface area contributed by atoms with Crippen molar-refractivity contribution in [2.75, 3.05) is 13.1 Å². The van der Waals surface area contributed by atoms with Crippen molar-refractivity contribution in [3.63, 3.8) is 0 Å². The van der Waals surface area contributed by atoms with Gasteiger partial charge in [-0.1, -0.05) is 24.3 Å². The highest BCUT2D eigenvalue weighted by Crippen LogP contribution is 2.40. The molecule has 0 aromatic heterocycles. The zero-order chi connectivity index (χ0) is 13.9. The molecule has 0 radical (unpaired) electrons. The second kappa shape index (κ2) is 5.96. The first-order chi connectivity index (χ1) is 9.70. The van der Waals surface area contributed by atoms with Gasteiger partial charge in [0.15, 0.2) is 0 Å². The van der Waals surface area contributed by atoms with Crippen LogP contribution in [0.4, 0.5) is 0 Å². The maximum atomic E-state index is 10.8. The lowest BCUT2D eigenvalue weighted by Gasteiger charge is -2.32. The molecule has 1 saturated heterocycles. The summed E-state index contributed by atoms with van der Waals surface area (Å²) in [5, 5.41) is 8.93. The van der Waals surface area contributed by atoms with Gasteiger partial charge in [0.05, 0.1) is 0 Å². The van der Waals surface area contributed by atoms with E-state index in [0.717, 1.165) is 38.4 Å². The van der Waals surface area contributed by atoms with E-state index in [4.69, 9.17) is 5.11 Å². The van der Waals surface area contributed by atoms with Crippen molar-refractivity contribution in [2.24, 2.45) is 5.92 Å². The Hall–Kier alpha value is -1.35. The fraction of sp³-hybridized carbons (Fsp3) is 0.588. The molecule has 3 nitrogen and oxygen atoms in total. The molecule has 1 aliphatic heterocycles. The maximum absolute atomic E-state index is 10.8. The fourth-order valence-corrected chi connectivity index (χ4v) is 3.33. The molecular formula is C17H23NO2. The van der Waals surface area contributed by atoms with Gasteiger partial charge in [-0.05, 0) is 55.2 Å². The Morgan fingerprint density at radius 2 is 2.15 bits per heavy atom. The molecule has 0 spiro atoms. The highest BCUT2D eigenvalue weighted by molar-refractivity contribution is 5.67. The van der Waals surface area contributed by atoms with Crippen LogP contribution < -0.4 is 0 Å². The lowest BCUT2D eigenvalue weighted by Crippen LogP contribution is -2.35. The van der Waals surface area contributed by atoms with Gasteiger partial charge >= 0.3 is 5.97 Å². The average molecular weight is 273 g/mol. The monoisotopic (exact) mass is 273 g/mol. The molecule has 1 saturated carbocycles. The number of carboxylic acid groups (broad SMARTS) is 1. The lowest BCUT2D eigenvalue weighted by molar-refractivity contribution is -0.138. The van der Waals surface area contributed by atoms with Crippen LogP contribution in [-0.4, -0.2) is 29.1 Å². The van der Waals surface area contributed by atoms with E-state index in [1.54, 1.807) is 0 Å². The summed E-state index contributed by atoms with van der Waals surface area (Å²) in [6.07, 6.45) is 5.19. The normalized spacial score (nSPS) is 23.7. The minimum atomic E-state index is -0.660. The molecule has 1 unspecified atom stereocenters. The lowest BCUT2D eigenvalue weighted by atomic mass is 9.94. The summed E-state index contributed by atoms with van der Waals surface area (Å²) in [4.78, 5) is 13.3. The van der Waals surface area contributed by atoms with E-state index in [1.165, 1.54) is 24.0 Å². The molecule has 1 atom stereocenters. The van der Waals surface area contributed by atoms with Crippen LogP contribution in [0.5, 0.6) is 0 Å². The first-order valence-electron chi connectivity index (χ1n) is 7.73. The van der Waals surface area contributed by atoms with Gasteiger partial charge in [-0.2, -0.15) is 0 Å². The zero-order valence-corrected chi connectivity index (χ0v) is 11.9. The molecule has 2 fully saturated rings. The summed E-state index contributed by atoms with van der Waals surface area (Å²) in [5.74, 6) is 0.469. The van der Waals surface area contributed by atoms with Crippen LogP contribution in [0.3, 0.4) is 0 Å². The van der Waals surface area contributed by atoms with E-state index in [9.17, 15) is 4.79 Å². The molecule has 3 rings (SSSR count). The molecule has 1 aromatic carbocycles. The second-order valence-corrected chi connectivity index (χ2v) is 6.36. The summed E-state index contributed by atoms with van der Waals surface area (Å²) in [5.41, 5.74) is 2.87. The van der Waals surface area contributed by atoms with Gasteiger partial charge in [0.25, 0.3) is 0 Å². The molecule has 1 aliphatic carbocycles. The molecule has 20 heavy (non-hydrogen) atoms. The molecule has 108 valence electrons. The van der Waals surface area contributed by atoms with Gasteiger partial charge in [0, 0.05) is 19.5 Å². The van der Waals surface area contributed by atoms with E-state index in [1.807, 2.05) is 0 Å². The number of carbonyl (C=O) groups is 1. The second-order valence-electron chi connectivity index (χ2n) is 6.36. The minimum absolute atomic E-state index is 0.318. The number of piperidine rings is 1. The minimum Gasteiger partial charge on any atom is -0.481 e. The highest BCUT2D eigenvalue weighted by atomic mass is 16.4. The molecule has 3 heteroatoms. The number of hydrogen-bond acceptors (Lipinski definition) is 2. The van der Waals surface area contributed by atoms with Gasteiger partial charge < -0.3 is 5.11 Å². The van der Waals surface area contributed by atoms with Crippen LogP contribution in [0.15, 0.2) is 24.3 Å². The van der Waals surface area contributed by atoms with Crippen LogP contribution in [0.2, 0.25) is 0 Å². The number of hydrogen-bond donors (Lipinski definition) is 1. The van der Waals surface area contributed by atoms with Gasteiger partial charge in [-0.15, -0.1) is 0 Å². The van der Waals surface area contributed by atoms with E-state index in [2.05, 4.69) is 29.2 Å². The number of benzene rings is 1. The van der Waals surface area contributed by atoms with Crippen molar-refractivity contribution in [1.29, 1.82) is 0 Å². The number of aliphatic carboxylic acids is 1. The smallest absolute Gasteiger partial charge is 0.303 e. The predicted molar refractivity (Wildman–Crippen MR) is 78.7 cm³/mol. The van der Waals surface area contributed by atoms with Gasteiger partial charge in [-0.25, -0.2) is 0 Å². The van der Waals surface area contributed by atoms with Crippen LogP contribution in [0, 0.1) is 5.92 Å². The van der Waals surface area contributed by atoms with Crippen molar-refractivity contribution < 1.29 is 9.90 Å². The molecule has 2 aliphatic rings. The summed E-state index contributed by atoms with van der Waals surface area (Å²) in [6, 6.07) is 8.96. The first-order valence-corrected chi connectivity index (χ1v) is 7.73. The molecule has 0 bridgehead atoms. The largest absolute Gasteiger partial charge is 0.481 e. The molecule has 0 amide bonds. The Balaban J connectivity index is 1.59. The highest BCUT2D eigenvalue weighted by Gasteiger charge is 2.24. The quantitative estimate of drug-likeness (QED) is 0.895. The summed E-state index contributed by atoms with van der Waals surface area (Å²) in [7, 11) is 0. The van der Waals surface area contributed by atoms with E-state index in [-0.39, 0.29) is 0 Å². The summed E-state index contributed by atoms with van der Waals surface area (Å²) >= 11 is 0. The van der Waals surface area contributed by atoms with Crippen molar-refractivity contribution in [1.82, 2.24) is 4.90 Å². The number of carboxylic acids is 1. The van der Waals surface area contributed by atoms with Crippen LogP contribution in [-0.2, 0) is 11.3 Å². The third-order valence-electron chi connectivity index (χ3n) is 4.47. The summed E-state index contributed by atoms with van der Waals surface area (Å²) in [6.45, 7) is 3.00. The van der Waals surface area contributed by atoms with Crippen LogP contribution >= 0.6 is 0 Å². The Bertz CT molecular complexity index is 482. The van der Waals surface area contributed by atoms with Crippen LogP contribution in [0.1, 0.15) is 49.1 Å². The number of likely N-dealkylation sites (tertiary alicyclic amines) is 1. The molecule has 1 N–H and O–H groups in total. The van der Waals surface area contributed by atoms with Gasteiger partial charge in [0.2, 0.25) is 0 Å². The first kappa shape index (κ1) is 13.6. The third-order valence-corrected chi connectivity index (χ3v) is 4.47. The zero-order valence-electron chi connectivity index (χ0n) is 11.9. The van der Waals surface area contributed by atoms with E-state index in [0.29, 0.717) is 12.3 Å². The van der Waals surface area contributed by atoms with Crippen LogP contribution in [0.25, 0.3) is 0 Å². The standard InChI is InChI=1S/C17H23NO2/c19-17(20)10-14-4-2-8-18(12-14)11-13-3-1-5-16(9-13)15-6-7-15/h1,3,5,9,14-15H,2,4,6-8,10-12H2,(H,19,20). The van der Waals surface area contributed by atoms with Crippen molar-refractivity contribution in [3.05, 3.63) is 35.4 Å². The Kier molecular flexibility index (Phi) is 4.06. The molecule has 1 aromatic rings. The maximum Gasteiger partial charge on any atom is 0.303 e. The fourth-order valence-electron chi connectivity index (χ4n) is 3.33. The van der Waals surface area contributed by atoms with Crippen molar-refractivity contribution in [2.45, 2.75) is 44.6 Å². The SMILES string of the molecule is O=C(O)CC1CCCN(Cc2cccc(C3CC3)c2)C1. The average Bonchev–Trinajstić information content (AvgIpc) is 3.23. The van der Waals surface area contributed by atoms with E-state index >= 15 is 0 Å². The van der Waals surface area contributed by atoms with Gasteiger partial charge in [0.1, 0.15) is 0 Å². The third kappa shape index (κ3) is 3.60. The van der Waals surface area contributed by atoms with Crippen molar-refractivity contribution >= 4 is 5.97 Å².